The van der Waals surface area contributed by atoms with Crippen LogP contribution in [0.1, 0.15) is 12.0 Å². The van der Waals surface area contributed by atoms with Crippen molar-refractivity contribution < 1.29 is 4.74 Å². The average molecular weight is 195 g/mol. The molecule has 0 atom stereocenters. The molecule has 0 unspecified atom stereocenters. The SMILES string of the molecule is NCCCc1ccc2c(c1)OCS2. The van der Waals surface area contributed by atoms with Crippen LogP contribution in [0.3, 0.4) is 0 Å². The summed E-state index contributed by atoms with van der Waals surface area (Å²) >= 11 is 1.75. The normalized spacial score (nSPS) is 13.9. The zero-order valence-corrected chi connectivity index (χ0v) is 8.27. The van der Waals surface area contributed by atoms with Gasteiger partial charge in [0.05, 0.1) is 4.90 Å². The Kier molecular flexibility index (Phi) is 2.76. The summed E-state index contributed by atoms with van der Waals surface area (Å²) in [6.07, 6.45) is 2.10. The fourth-order valence-electron chi connectivity index (χ4n) is 1.40. The maximum absolute atomic E-state index is 5.45. The molecule has 1 aliphatic rings. The third-order valence-electron chi connectivity index (χ3n) is 2.11. The number of aryl methyl sites for hydroxylation is 1. The van der Waals surface area contributed by atoms with E-state index in [0.29, 0.717) is 0 Å². The molecule has 0 aliphatic carbocycles. The number of thioether (sulfide) groups is 1. The van der Waals surface area contributed by atoms with Crippen molar-refractivity contribution in [1.29, 1.82) is 0 Å². The predicted molar refractivity (Wildman–Crippen MR) is 55.2 cm³/mol. The van der Waals surface area contributed by atoms with E-state index in [4.69, 9.17) is 10.5 Å². The minimum absolute atomic E-state index is 0.757. The van der Waals surface area contributed by atoms with Crippen molar-refractivity contribution in [3.63, 3.8) is 0 Å². The Hall–Kier alpha value is -0.670. The monoisotopic (exact) mass is 195 g/mol. The van der Waals surface area contributed by atoms with E-state index in [9.17, 15) is 0 Å². The lowest BCUT2D eigenvalue weighted by atomic mass is 10.1. The molecule has 13 heavy (non-hydrogen) atoms. The van der Waals surface area contributed by atoms with Crippen LogP contribution in [0.15, 0.2) is 23.1 Å². The van der Waals surface area contributed by atoms with Crippen molar-refractivity contribution in [2.24, 2.45) is 5.73 Å². The first-order valence-corrected chi connectivity index (χ1v) is 5.47. The summed E-state index contributed by atoms with van der Waals surface area (Å²) < 4.78 is 5.45. The summed E-state index contributed by atoms with van der Waals surface area (Å²) in [7, 11) is 0. The number of ether oxygens (including phenoxy) is 1. The van der Waals surface area contributed by atoms with Crippen molar-refractivity contribution in [3.8, 4) is 5.75 Å². The number of hydrogen-bond donors (Lipinski definition) is 1. The quantitative estimate of drug-likeness (QED) is 0.801. The van der Waals surface area contributed by atoms with Gasteiger partial charge in [-0.2, -0.15) is 0 Å². The molecular formula is C10H13NOS. The van der Waals surface area contributed by atoms with E-state index in [2.05, 4.69) is 18.2 Å². The van der Waals surface area contributed by atoms with Gasteiger partial charge in [0.15, 0.2) is 0 Å². The standard InChI is InChI=1S/C10H13NOS/c11-5-1-2-8-3-4-10-9(6-8)12-7-13-10/h3-4,6H,1-2,5,7,11H2. The van der Waals surface area contributed by atoms with Gasteiger partial charge in [0.1, 0.15) is 11.7 Å². The smallest absolute Gasteiger partial charge is 0.138 e. The number of hydrogen-bond acceptors (Lipinski definition) is 3. The maximum Gasteiger partial charge on any atom is 0.138 e. The van der Waals surface area contributed by atoms with E-state index in [0.717, 1.165) is 31.1 Å². The maximum atomic E-state index is 5.45. The molecule has 3 heteroatoms. The van der Waals surface area contributed by atoms with E-state index in [1.807, 2.05) is 0 Å². The van der Waals surface area contributed by atoms with Crippen LogP contribution in [0.5, 0.6) is 5.75 Å². The van der Waals surface area contributed by atoms with E-state index in [1.165, 1.54) is 10.5 Å². The molecule has 0 bridgehead atoms. The molecule has 0 spiro atoms. The third kappa shape index (κ3) is 1.98. The molecule has 2 rings (SSSR count). The molecule has 0 fully saturated rings. The fraction of sp³-hybridized carbons (Fsp3) is 0.400. The Bertz CT molecular complexity index is 301. The average Bonchev–Trinajstić information content (AvgIpc) is 2.61. The van der Waals surface area contributed by atoms with E-state index < -0.39 is 0 Å². The van der Waals surface area contributed by atoms with Gasteiger partial charge >= 0.3 is 0 Å². The van der Waals surface area contributed by atoms with Crippen LogP contribution in [0.4, 0.5) is 0 Å². The van der Waals surface area contributed by atoms with Gasteiger partial charge in [0, 0.05) is 0 Å². The summed E-state index contributed by atoms with van der Waals surface area (Å²) in [5, 5.41) is 0. The molecule has 0 radical (unpaired) electrons. The van der Waals surface area contributed by atoms with Crippen molar-refractivity contribution in [3.05, 3.63) is 23.8 Å². The highest BCUT2D eigenvalue weighted by atomic mass is 32.2. The van der Waals surface area contributed by atoms with Crippen molar-refractivity contribution in [2.45, 2.75) is 17.7 Å². The highest BCUT2D eigenvalue weighted by molar-refractivity contribution is 7.99. The van der Waals surface area contributed by atoms with Crippen LogP contribution >= 0.6 is 11.8 Å². The summed E-state index contributed by atoms with van der Waals surface area (Å²) in [5.41, 5.74) is 6.78. The minimum Gasteiger partial charge on any atom is -0.481 e. The van der Waals surface area contributed by atoms with E-state index in [-0.39, 0.29) is 0 Å². The summed E-state index contributed by atoms with van der Waals surface area (Å²) in [6.45, 7) is 0.757. The molecule has 2 nitrogen and oxygen atoms in total. The molecule has 0 amide bonds. The highest BCUT2D eigenvalue weighted by Gasteiger charge is 2.12. The molecule has 1 heterocycles. The second-order valence-electron chi connectivity index (χ2n) is 3.08. The van der Waals surface area contributed by atoms with Gasteiger partial charge in [-0.1, -0.05) is 17.8 Å². The van der Waals surface area contributed by atoms with Gasteiger partial charge in [-0.15, -0.1) is 0 Å². The summed E-state index contributed by atoms with van der Waals surface area (Å²) in [5.74, 6) is 1.80. The van der Waals surface area contributed by atoms with Crippen LogP contribution in [-0.2, 0) is 6.42 Å². The lowest BCUT2D eigenvalue weighted by molar-refractivity contribution is 0.397. The fourth-order valence-corrected chi connectivity index (χ4v) is 2.14. The third-order valence-corrected chi connectivity index (χ3v) is 2.99. The molecule has 1 aromatic carbocycles. The van der Waals surface area contributed by atoms with Crippen molar-refractivity contribution in [2.75, 3.05) is 12.5 Å². The number of benzene rings is 1. The van der Waals surface area contributed by atoms with Gasteiger partial charge in [0.2, 0.25) is 0 Å². The Morgan fingerprint density at radius 3 is 3.23 bits per heavy atom. The Morgan fingerprint density at radius 1 is 1.46 bits per heavy atom. The number of fused-ring (bicyclic) bond motifs is 1. The minimum atomic E-state index is 0.757. The molecular weight excluding hydrogens is 182 g/mol. The van der Waals surface area contributed by atoms with Crippen molar-refractivity contribution >= 4 is 11.8 Å². The van der Waals surface area contributed by atoms with Crippen LogP contribution in [0.2, 0.25) is 0 Å². The molecule has 1 aliphatic heterocycles. The predicted octanol–water partition coefficient (Wildman–Crippen LogP) is 2.02. The van der Waals surface area contributed by atoms with Crippen LogP contribution in [0.25, 0.3) is 0 Å². The van der Waals surface area contributed by atoms with Gasteiger partial charge in [-0.05, 0) is 37.1 Å². The van der Waals surface area contributed by atoms with Gasteiger partial charge in [0.25, 0.3) is 0 Å². The Labute approximate surface area is 82.5 Å². The molecule has 0 aromatic heterocycles. The molecule has 0 saturated carbocycles. The summed E-state index contributed by atoms with van der Waals surface area (Å²) in [6, 6.07) is 6.43. The zero-order chi connectivity index (χ0) is 9.10. The lowest BCUT2D eigenvalue weighted by Gasteiger charge is -2.02. The largest absolute Gasteiger partial charge is 0.481 e. The summed E-state index contributed by atoms with van der Waals surface area (Å²) in [4.78, 5) is 1.26. The Morgan fingerprint density at radius 2 is 2.38 bits per heavy atom. The molecule has 2 N–H and O–H groups in total. The van der Waals surface area contributed by atoms with Crippen LogP contribution in [0, 0.1) is 0 Å². The van der Waals surface area contributed by atoms with E-state index >= 15 is 0 Å². The first-order valence-electron chi connectivity index (χ1n) is 4.49. The molecule has 0 saturated heterocycles. The van der Waals surface area contributed by atoms with Gasteiger partial charge in [-0.3, -0.25) is 0 Å². The Balaban J connectivity index is 2.12. The molecule has 1 aromatic rings. The molecule has 70 valence electrons. The second kappa shape index (κ2) is 4.03. The number of rotatable bonds is 3. The first kappa shape index (κ1) is 8.91. The zero-order valence-electron chi connectivity index (χ0n) is 7.45. The topological polar surface area (TPSA) is 35.2 Å². The van der Waals surface area contributed by atoms with E-state index in [1.54, 1.807) is 11.8 Å². The lowest BCUT2D eigenvalue weighted by Crippen LogP contribution is -2.00. The number of nitrogens with two attached hydrogens (primary N) is 1. The first-order chi connectivity index (χ1) is 6.40. The van der Waals surface area contributed by atoms with Gasteiger partial charge in [-0.25, -0.2) is 0 Å². The van der Waals surface area contributed by atoms with Crippen molar-refractivity contribution in [1.82, 2.24) is 0 Å². The second-order valence-corrected chi connectivity index (χ2v) is 4.04. The van der Waals surface area contributed by atoms with Crippen LogP contribution < -0.4 is 10.5 Å². The van der Waals surface area contributed by atoms with Gasteiger partial charge < -0.3 is 10.5 Å². The highest BCUT2D eigenvalue weighted by Crippen LogP contribution is 2.36. The van der Waals surface area contributed by atoms with Crippen LogP contribution in [-0.4, -0.2) is 12.5 Å².